The van der Waals surface area contributed by atoms with Gasteiger partial charge in [-0.05, 0) is 79.7 Å². The van der Waals surface area contributed by atoms with Gasteiger partial charge in [0.15, 0.2) is 0 Å². The third-order valence-corrected chi connectivity index (χ3v) is 8.11. The molecule has 32 heavy (non-hydrogen) atoms. The first-order valence-electron chi connectivity index (χ1n) is 12.2. The number of rotatable bonds is 5. The predicted molar refractivity (Wildman–Crippen MR) is 127 cm³/mol. The molecule has 1 saturated carbocycles. The van der Waals surface area contributed by atoms with Crippen LogP contribution in [0.25, 0.3) is 10.9 Å². The van der Waals surface area contributed by atoms with Crippen LogP contribution >= 0.6 is 0 Å². The monoisotopic (exact) mass is 425 g/mol. The van der Waals surface area contributed by atoms with Gasteiger partial charge in [0.05, 0.1) is 5.52 Å². The van der Waals surface area contributed by atoms with Gasteiger partial charge in [0, 0.05) is 42.3 Å². The average Bonchev–Trinajstić information content (AvgIpc) is 3.39. The van der Waals surface area contributed by atoms with Crippen LogP contribution in [-0.2, 0) is 0 Å². The number of pyridine rings is 1. The van der Waals surface area contributed by atoms with E-state index in [9.17, 15) is 4.79 Å². The summed E-state index contributed by atoms with van der Waals surface area (Å²) in [6.45, 7) is 2.02. The van der Waals surface area contributed by atoms with E-state index in [-0.39, 0.29) is 5.91 Å². The molecule has 0 radical (unpaired) electrons. The zero-order valence-electron chi connectivity index (χ0n) is 18.5. The van der Waals surface area contributed by atoms with Crippen LogP contribution in [0.3, 0.4) is 0 Å². The van der Waals surface area contributed by atoms with Crippen LogP contribution < -0.4 is 5.32 Å². The Morgan fingerprint density at radius 2 is 1.56 bits per heavy atom. The Balaban J connectivity index is 1.02. The van der Waals surface area contributed by atoms with E-state index < -0.39 is 0 Å². The third-order valence-electron chi connectivity index (χ3n) is 8.11. The number of nitrogens with zero attached hydrogens (tertiary/aromatic N) is 2. The molecule has 2 fully saturated rings. The first-order valence-corrected chi connectivity index (χ1v) is 12.2. The number of hydrogen-bond acceptors (Lipinski definition) is 3. The van der Waals surface area contributed by atoms with E-state index in [1.165, 1.54) is 45.1 Å². The Bertz CT molecular complexity index is 1100. The molecule has 2 aromatic carbocycles. The average molecular weight is 426 g/mol. The van der Waals surface area contributed by atoms with E-state index >= 15 is 0 Å². The van der Waals surface area contributed by atoms with Crippen LogP contribution in [0.1, 0.15) is 72.1 Å². The number of aromatic nitrogens is 1. The molecule has 1 aromatic heterocycles. The van der Waals surface area contributed by atoms with Gasteiger partial charge < -0.3 is 5.32 Å². The van der Waals surface area contributed by atoms with Crippen LogP contribution in [-0.4, -0.2) is 28.9 Å². The molecule has 3 aromatic rings. The van der Waals surface area contributed by atoms with Gasteiger partial charge in [-0.2, -0.15) is 0 Å². The minimum absolute atomic E-state index is 0.0251. The minimum Gasteiger partial charge on any atom is -0.352 e. The van der Waals surface area contributed by atoms with E-state index in [0.29, 0.717) is 18.0 Å². The number of hydrogen-bond donors (Lipinski definition) is 1. The Hall–Kier alpha value is -2.72. The molecule has 164 valence electrons. The summed E-state index contributed by atoms with van der Waals surface area (Å²) in [6, 6.07) is 20.0. The molecule has 3 aliphatic rings. The van der Waals surface area contributed by atoms with Crippen molar-refractivity contribution in [1.29, 1.82) is 0 Å². The Labute approximate surface area is 190 Å². The van der Waals surface area contributed by atoms with Crippen molar-refractivity contribution >= 4 is 16.8 Å². The predicted octanol–water partition coefficient (Wildman–Crippen LogP) is 5.66. The van der Waals surface area contributed by atoms with Crippen molar-refractivity contribution in [3.05, 3.63) is 77.5 Å². The van der Waals surface area contributed by atoms with Crippen molar-refractivity contribution < 1.29 is 4.79 Å². The van der Waals surface area contributed by atoms with Gasteiger partial charge >= 0.3 is 0 Å². The van der Waals surface area contributed by atoms with E-state index in [0.717, 1.165) is 28.9 Å². The van der Waals surface area contributed by atoms with Gasteiger partial charge in [0.2, 0.25) is 0 Å². The number of fused-ring (bicyclic) bond motifs is 6. The highest BCUT2D eigenvalue weighted by molar-refractivity contribution is 6.06. The lowest BCUT2D eigenvalue weighted by Gasteiger charge is -2.33. The molecule has 6 rings (SSSR count). The maximum absolute atomic E-state index is 12.8. The van der Waals surface area contributed by atoms with Crippen LogP contribution in [0.4, 0.5) is 0 Å². The lowest BCUT2D eigenvalue weighted by atomic mass is 9.81. The fourth-order valence-corrected chi connectivity index (χ4v) is 6.46. The van der Waals surface area contributed by atoms with E-state index in [4.69, 9.17) is 0 Å². The molecule has 0 unspecified atom stereocenters. The maximum Gasteiger partial charge on any atom is 0.251 e. The third kappa shape index (κ3) is 3.51. The van der Waals surface area contributed by atoms with Crippen LogP contribution in [0.15, 0.2) is 60.8 Å². The lowest BCUT2D eigenvalue weighted by Crippen LogP contribution is -2.34. The highest BCUT2D eigenvalue weighted by Gasteiger charge is 2.44. The minimum atomic E-state index is 0.0251. The molecule has 4 heteroatoms. The fourth-order valence-electron chi connectivity index (χ4n) is 6.46. The van der Waals surface area contributed by atoms with Crippen LogP contribution in [0.5, 0.6) is 0 Å². The quantitative estimate of drug-likeness (QED) is 0.573. The van der Waals surface area contributed by atoms with E-state index in [1.807, 2.05) is 30.3 Å². The first-order chi connectivity index (χ1) is 15.8. The second-order valence-corrected chi connectivity index (χ2v) is 9.91. The van der Waals surface area contributed by atoms with Crippen LogP contribution in [0, 0.1) is 11.8 Å². The highest BCUT2D eigenvalue weighted by Crippen LogP contribution is 2.53. The summed E-state index contributed by atoms with van der Waals surface area (Å²) in [5.74, 6) is 1.41. The number of carbonyl (C=O) groups excluding carboxylic acids is 1. The van der Waals surface area contributed by atoms with Gasteiger partial charge in [-0.25, -0.2) is 0 Å². The molecular weight excluding hydrogens is 394 g/mol. The van der Waals surface area contributed by atoms with Crippen molar-refractivity contribution in [2.24, 2.45) is 11.8 Å². The standard InChI is InChI=1S/C28H31N3O/c32-28(24-7-3-9-25-21(24)8-4-16-29-25)30-17-19-10-12-20(13-11-19)18-31-26-14-15-27(31)23-6-2-1-5-22(23)26/h1-9,16,19-20,26-27H,10-15,17-18H2,(H,30,32)/t19?,20?,26-,27-/m0/s1. The smallest absolute Gasteiger partial charge is 0.251 e. The number of amides is 1. The summed E-state index contributed by atoms with van der Waals surface area (Å²) in [6.07, 6.45) is 9.43. The number of nitrogens with one attached hydrogen (secondary N) is 1. The molecular formula is C28H31N3O. The molecule has 2 atom stereocenters. The molecule has 2 aliphatic heterocycles. The van der Waals surface area contributed by atoms with Crippen molar-refractivity contribution in [2.75, 3.05) is 13.1 Å². The van der Waals surface area contributed by atoms with Crippen molar-refractivity contribution in [1.82, 2.24) is 15.2 Å². The summed E-state index contributed by atoms with van der Waals surface area (Å²) in [5.41, 5.74) is 4.78. The van der Waals surface area contributed by atoms with Gasteiger partial charge in [0.1, 0.15) is 0 Å². The van der Waals surface area contributed by atoms with Crippen molar-refractivity contribution in [2.45, 2.75) is 50.6 Å². The summed E-state index contributed by atoms with van der Waals surface area (Å²) in [4.78, 5) is 20.0. The van der Waals surface area contributed by atoms with Gasteiger partial charge in [-0.3, -0.25) is 14.7 Å². The normalized spacial score (nSPS) is 26.9. The molecule has 1 aliphatic carbocycles. The van der Waals surface area contributed by atoms with Crippen LogP contribution in [0.2, 0.25) is 0 Å². The lowest BCUT2D eigenvalue weighted by molar-refractivity contribution is 0.0938. The second kappa shape index (κ2) is 8.32. The van der Waals surface area contributed by atoms with E-state index in [2.05, 4.69) is 39.5 Å². The largest absolute Gasteiger partial charge is 0.352 e. The summed E-state index contributed by atoms with van der Waals surface area (Å²) in [7, 11) is 0. The summed E-state index contributed by atoms with van der Waals surface area (Å²) in [5, 5.41) is 4.14. The topological polar surface area (TPSA) is 45.2 Å². The summed E-state index contributed by atoms with van der Waals surface area (Å²) >= 11 is 0. The summed E-state index contributed by atoms with van der Waals surface area (Å²) < 4.78 is 0. The number of carbonyl (C=O) groups is 1. The molecule has 0 spiro atoms. The zero-order chi connectivity index (χ0) is 21.5. The SMILES string of the molecule is O=C(NCC1CCC(CN2[C@H]3CC[C@H]2c2ccccc23)CC1)c1cccc2ncccc12. The maximum atomic E-state index is 12.8. The van der Waals surface area contributed by atoms with E-state index in [1.54, 1.807) is 17.3 Å². The van der Waals surface area contributed by atoms with Gasteiger partial charge in [-0.1, -0.05) is 36.4 Å². The first kappa shape index (κ1) is 19.9. The van der Waals surface area contributed by atoms with Gasteiger partial charge in [-0.15, -0.1) is 0 Å². The molecule has 1 N–H and O–H groups in total. The second-order valence-electron chi connectivity index (χ2n) is 9.91. The molecule has 4 nitrogen and oxygen atoms in total. The molecule has 2 bridgehead atoms. The van der Waals surface area contributed by atoms with Crippen molar-refractivity contribution in [3.63, 3.8) is 0 Å². The fraction of sp³-hybridized carbons (Fsp3) is 0.429. The Morgan fingerprint density at radius 1 is 0.844 bits per heavy atom. The number of benzene rings is 2. The molecule has 3 heterocycles. The zero-order valence-corrected chi connectivity index (χ0v) is 18.5. The molecule has 1 amide bonds. The molecule has 1 saturated heterocycles. The van der Waals surface area contributed by atoms with Crippen molar-refractivity contribution in [3.8, 4) is 0 Å². The van der Waals surface area contributed by atoms with Gasteiger partial charge in [0.25, 0.3) is 5.91 Å². The highest BCUT2D eigenvalue weighted by atomic mass is 16.1. The Morgan fingerprint density at radius 3 is 2.31 bits per heavy atom. The Kier molecular flexibility index (Phi) is 5.18.